The number of ether oxygens (including phenoxy) is 1. The van der Waals surface area contributed by atoms with Crippen molar-refractivity contribution in [1.82, 2.24) is 4.90 Å². The molecule has 0 saturated carbocycles. The van der Waals surface area contributed by atoms with Gasteiger partial charge in [-0.15, -0.1) is 0 Å². The average Bonchev–Trinajstić information content (AvgIpc) is 2.49. The number of nitrogens with one attached hydrogen (secondary N) is 1. The number of carbonyl (C=O) groups excluding carboxylic acids is 1. The Morgan fingerprint density at radius 2 is 2.19 bits per heavy atom. The van der Waals surface area contributed by atoms with Crippen molar-refractivity contribution in [3.63, 3.8) is 0 Å². The summed E-state index contributed by atoms with van der Waals surface area (Å²) in [5.41, 5.74) is 0.733. The van der Waals surface area contributed by atoms with Gasteiger partial charge in [-0.25, -0.2) is 4.79 Å². The molecule has 2 amide bonds. The maximum Gasteiger partial charge on any atom is 0.321 e. The fourth-order valence-corrected chi connectivity index (χ4v) is 2.27. The number of aliphatic hydroxyl groups excluding tert-OH is 1. The average molecular weight is 292 g/mol. The second-order valence-corrected chi connectivity index (χ2v) is 5.53. The molecule has 1 aliphatic heterocycles. The lowest BCUT2D eigenvalue weighted by Gasteiger charge is -2.30. The summed E-state index contributed by atoms with van der Waals surface area (Å²) in [6.45, 7) is 5.20. The smallest absolute Gasteiger partial charge is 0.321 e. The first-order valence-corrected chi connectivity index (χ1v) is 7.59. The Morgan fingerprint density at radius 3 is 2.81 bits per heavy atom. The first-order chi connectivity index (χ1) is 10.1. The van der Waals surface area contributed by atoms with E-state index < -0.39 is 6.10 Å². The van der Waals surface area contributed by atoms with Gasteiger partial charge in [0, 0.05) is 18.8 Å². The molecule has 2 N–H and O–H groups in total. The van der Waals surface area contributed by atoms with Crippen LogP contribution in [-0.2, 0) is 0 Å². The molecule has 0 bridgehead atoms. The Morgan fingerprint density at radius 1 is 1.48 bits per heavy atom. The summed E-state index contributed by atoms with van der Waals surface area (Å²) in [4.78, 5) is 13.7. The van der Waals surface area contributed by atoms with Gasteiger partial charge in [-0.2, -0.15) is 0 Å². The number of likely N-dealkylation sites (tertiary alicyclic amines) is 1. The molecule has 1 saturated heterocycles. The Hall–Kier alpha value is -1.75. The zero-order valence-electron chi connectivity index (χ0n) is 12.7. The van der Waals surface area contributed by atoms with Crippen LogP contribution < -0.4 is 10.1 Å². The van der Waals surface area contributed by atoms with Crippen molar-refractivity contribution in [3.05, 3.63) is 24.3 Å². The van der Waals surface area contributed by atoms with Crippen LogP contribution in [0.15, 0.2) is 24.3 Å². The summed E-state index contributed by atoms with van der Waals surface area (Å²) in [6, 6.07) is 7.20. The molecule has 1 heterocycles. The van der Waals surface area contributed by atoms with Crippen LogP contribution in [-0.4, -0.2) is 41.3 Å². The van der Waals surface area contributed by atoms with E-state index in [0.717, 1.165) is 30.7 Å². The predicted molar refractivity (Wildman–Crippen MR) is 82.7 cm³/mol. The number of benzene rings is 1. The highest BCUT2D eigenvalue weighted by molar-refractivity contribution is 5.89. The topological polar surface area (TPSA) is 61.8 Å². The van der Waals surface area contributed by atoms with Gasteiger partial charge in [0.25, 0.3) is 0 Å². The van der Waals surface area contributed by atoms with Gasteiger partial charge in [0.1, 0.15) is 5.75 Å². The lowest BCUT2D eigenvalue weighted by molar-refractivity contribution is 0.0883. The normalized spacial score (nSPS) is 20.0. The molecule has 1 aliphatic rings. The third-order valence-electron chi connectivity index (χ3n) is 3.70. The van der Waals surface area contributed by atoms with Crippen molar-refractivity contribution in [3.8, 4) is 5.75 Å². The summed E-state index contributed by atoms with van der Waals surface area (Å²) < 4.78 is 5.70. The third-order valence-corrected chi connectivity index (χ3v) is 3.70. The van der Waals surface area contributed by atoms with Crippen molar-refractivity contribution >= 4 is 11.7 Å². The van der Waals surface area contributed by atoms with Gasteiger partial charge in [0.15, 0.2) is 0 Å². The van der Waals surface area contributed by atoms with E-state index in [1.54, 1.807) is 4.90 Å². The number of amides is 2. The molecular formula is C16H24N2O3. The van der Waals surface area contributed by atoms with Crippen LogP contribution in [0.3, 0.4) is 0 Å². The molecule has 1 fully saturated rings. The molecule has 0 spiro atoms. The molecule has 5 heteroatoms. The van der Waals surface area contributed by atoms with Crippen LogP contribution in [0.5, 0.6) is 5.75 Å². The van der Waals surface area contributed by atoms with Crippen molar-refractivity contribution in [2.75, 3.05) is 18.4 Å². The first kappa shape index (κ1) is 15.6. The lowest BCUT2D eigenvalue weighted by Crippen LogP contribution is -2.44. The van der Waals surface area contributed by atoms with Gasteiger partial charge < -0.3 is 20.1 Å². The van der Waals surface area contributed by atoms with Crippen LogP contribution in [0.4, 0.5) is 10.5 Å². The lowest BCUT2D eigenvalue weighted by atomic mass is 10.1. The van der Waals surface area contributed by atoms with Gasteiger partial charge in [-0.1, -0.05) is 6.92 Å². The second-order valence-electron chi connectivity index (χ2n) is 5.53. The minimum absolute atomic E-state index is 0.163. The van der Waals surface area contributed by atoms with E-state index in [9.17, 15) is 9.90 Å². The van der Waals surface area contributed by atoms with E-state index in [1.165, 1.54) is 0 Å². The minimum Gasteiger partial charge on any atom is -0.491 e. The molecule has 2 rings (SSSR count). The highest BCUT2D eigenvalue weighted by atomic mass is 16.5. The molecule has 2 atom stereocenters. The van der Waals surface area contributed by atoms with Crippen LogP contribution in [0, 0.1) is 0 Å². The Bertz CT molecular complexity index is 461. The zero-order chi connectivity index (χ0) is 15.2. The fraction of sp³-hybridized carbons (Fsp3) is 0.562. The van der Waals surface area contributed by atoms with E-state index in [-0.39, 0.29) is 12.1 Å². The van der Waals surface area contributed by atoms with Gasteiger partial charge >= 0.3 is 6.03 Å². The van der Waals surface area contributed by atoms with E-state index >= 15 is 0 Å². The van der Waals surface area contributed by atoms with Crippen molar-refractivity contribution in [2.45, 2.75) is 45.3 Å². The predicted octanol–water partition coefficient (Wildman–Crippen LogP) is 2.85. The number of rotatable bonds is 4. The van der Waals surface area contributed by atoms with E-state index in [2.05, 4.69) is 12.2 Å². The zero-order valence-corrected chi connectivity index (χ0v) is 12.7. The van der Waals surface area contributed by atoms with Crippen LogP contribution in [0.1, 0.15) is 33.1 Å². The van der Waals surface area contributed by atoms with Crippen molar-refractivity contribution < 1.29 is 14.6 Å². The molecule has 5 nitrogen and oxygen atoms in total. The number of hydrogen-bond donors (Lipinski definition) is 2. The van der Waals surface area contributed by atoms with Gasteiger partial charge in [-0.05, 0) is 50.5 Å². The number of aliphatic hydroxyl groups is 1. The molecule has 116 valence electrons. The van der Waals surface area contributed by atoms with Crippen molar-refractivity contribution in [1.29, 1.82) is 0 Å². The standard InChI is InChI=1S/C16H24N2O3/c1-3-12(2)21-15-8-6-13(7-9-15)17-16(20)18-10-4-5-14(19)11-18/h6-9,12,14,19H,3-5,10-11H2,1-2H3,(H,17,20). The number of urea groups is 1. The molecule has 2 unspecified atom stereocenters. The second kappa shape index (κ2) is 7.31. The summed E-state index contributed by atoms with van der Waals surface area (Å²) in [5, 5.41) is 12.4. The summed E-state index contributed by atoms with van der Waals surface area (Å²) in [7, 11) is 0. The highest BCUT2D eigenvalue weighted by Crippen LogP contribution is 2.18. The Kier molecular flexibility index (Phi) is 5.44. The molecule has 21 heavy (non-hydrogen) atoms. The number of hydrogen-bond acceptors (Lipinski definition) is 3. The maximum atomic E-state index is 12.1. The Labute approximate surface area is 125 Å². The number of carbonyl (C=O) groups is 1. The number of anilines is 1. The van der Waals surface area contributed by atoms with Crippen LogP contribution >= 0.6 is 0 Å². The molecule has 1 aromatic carbocycles. The summed E-state index contributed by atoms with van der Waals surface area (Å²) >= 11 is 0. The van der Waals surface area contributed by atoms with Gasteiger partial charge in [0.05, 0.1) is 12.2 Å². The molecule has 0 aromatic heterocycles. The van der Waals surface area contributed by atoms with Crippen LogP contribution in [0.2, 0.25) is 0 Å². The van der Waals surface area contributed by atoms with Gasteiger partial charge in [0.2, 0.25) is 0 Å². The summed E-state index contributed by atoms with van der Waals surface area (Å²) in [5.74, 6) is 0.802. The number of nitrogens with zero attached hydrogens (tertiary/aromatic N) is 1. The van der Waals surface area contributed by atoms with E-state index in [0.29, 0.717) is 13.1 Å². The maximum absolute atomic E-state index is 12.1. The van der Waals surface area contributed by atoms with Crippen molar-refractivity contribution in [2.24, 2.45) is 0 Å². The number of piperidine rings is 1. The third kappa shape index (κ3) is 4.63. The number of β-amino-alcohol motifs (C(OH)–C–C–N with tert-alkyl or cyclic N) is 1. The SMILES string of the molecule is CCC(C)Oc1ccc(NC(=O)N2CCCC(O)C2)cc1. The van der Waals surface area contributed by atoms with Crippen LogP contribution in [0.25, 0.3) is 0 Å². The molecular weight excluding hydrogens is 268 g/mol. The molecule has 0 radical (unpaired) electrons. The van der Waals surface area contributed by atoms with E-state index in [1.807, 2.05) is 31.2 Å². The Balaban J connectivity index is 1.89. The molecule has 1 aromatic rings. The highest BCUT2D eigenvalue weighted by Gasteiger charge is 2.21. The fourth-order valence-electron chi connectivity index (χ4n) is 2.27. The van der Waals surface area contributed by atoms with E-state index in [4.69, 9.17) is 4.74 Å². The first-order valence-electron chi connectivity index (χ1n) is 7.59. The quantitative estimate of drug-likeness (QED) is 0.897. The molecule has 0 aliphatic carbocycles. The van der Waals surface area contributed by atoms with Gasteiger partial charge in [-0.3, -0.25) is 0 Å². The minimum atomic E-state index is -0.407. The summed E-state index contributed by atoms with van der Waals surface area (Å²) in [6.07, 6.45) is 2.34. The monoisotopic (exact) mass is 292 g/mol. The largest absolute Gasteiger partial charge is 0.491 e.